The molecule has 0 saturated carbocycles. The van der Waals surface area contributed by atoms with E-state index in [9.17, 15) is 4.79 Å². The summed E-state index contributed by atoms with van der Waals surface area (Å²) in [6.07, 6.45) is 0. The third-order valence-electron chi connectivity index (χ3n) is 4.35. The number of aryl methyl sites for hydroxylation is 2. The Morgan fingerprint density at radius 3 is 2.67 bits per heavy atom. The lowest BCUT2D eigenvalue weighted by Gasteiger charge is -2.07. The first-order valence-electron chi connectivity index (χ1n) is 8.63. The quantitative estimate of drug-likeness (QED) is 0.516. The summed E-state index contributed by atoms with van der Waals surface area (Å²) >= 11 is 14.0. The van der Waals surface area contributed by atoms with Gasteiger partial charge in [-0.25, -0.2) is 0 Å². The number of carbonyl (C=O) groups excluding carboxylic acids is 1. The summed E-state index contributed by atoms with van der Waals surface area (Å²) in [6.45, 7) is 7.58. The molecule has 0 unspecified atom stereocenters. The Labute approximate surface area is 172 Å². The maximum atomic E-state index is 12.7. The fraction of sp³-hybridized carbons (Fsp3) is 0.300. The molecule has 0 bridgehead atoms. The van der Waals surface area contributed by atoms with Crippen LogP contribution in [0.3, 0.4) is 0 Å². The van der Waals surface area contributed by atoms with Gasteiger partial charge < -0.3 is 9.30 Å². The summed E-state index contributed by atoms with van der Waals surface area (Å²) in [7, 11) is 0. The van der Waals surface area contributed by atoms with Crippen molar-refractivity contribution >= 4 is 50.7 Å². The van der Waals surface area contributed by atoms with Gasteiger partial charge >= 0.3 is 0 Å². The van der Waals surface area contributed by atoms with Crippen LogP contribution in [0.1, 0.15) is 28.4 Å². The third-order valence-corrected chi connectivity index (χ3v) is 6.19. The zero-order valence-corrected chi connectivity index (χ0v) is 17.7. The van der Waals surface area contributed by atoms with Crippen LogP contribution in [0.25, 0.3) is 10.2 Å². The molecule has 0 radical (unpaired) electrons. The molecule has 142 valence electrons. The minimum atomic E-state index is -0.281. The molecule has 2 aromatic carbocycles. The second-order valence-electron chi connectivity index (χ2n) is 6.16. The Morgan fingerprint density at radius 2 is 1.96 bits per heavy atom. The van der Waals surface area contributed by atoms with Gasteiger partial charge in [0, 0.05) is 18.7 Å². The maximum Gasteiger partial charge on any atom is 0.279 e. The molecule has 3 rings (SSSR count). The number of aromatic nitrogens is 1. The van der Waals surface area contributed by atoms with Crippen LogP contribution in [0.2, 0.25) is 10.0 Å². The molecule has 0 spiro atoms. The molecule has 3 aromatic rings. The predicted octanol–water partition coefficient (Wildman–Crippen LogP) is 5.40. The molecule has 0 aliphatic carbocycles. The van der Waals surface area contributed by atoms with Gasteiger partial charge in [-0.2, -0.15) is 4.99 Å². The molecule has 1 amide bonds. The van der Waals surface area contributed by atoms with Gasteiger partial charge in [0.25, 0.3) is 5.91 Å². The summed E-state index contributed by atoms with van der Waals surface area (Å²) in [5.74, 6) is -0.281. The second-order valence-corrected chi connectivity index (χ2v) is 7.95. The Kier molecular flexibility index (Phi) is 6.37. The summed E-state index contributed by atoms with van der Waals surface area (Å²) in [5.41, 5.74) is 3.55. The van der Waals surface area contributed by atoms with E-state index >= 15 is 0 Å². The molecule has 0 aliphatic heterocycles. The van der Waals surface area contributed by atoms with E-state index in [0.717, 1.165) is 21.3 Å². The Hall–Kier alpha value is -1.66. The van der Waals surface area contributed by atoms with Crippen molar-refractivity contribution in [2.45, 2.75) is 27.3 Å². The fourth-order valence-electron chi connectivity index (χ4n) is 2.72. The lowest BCUT2D eigenvalue weighted by molar-refractivity contribution is 0.0996. The number of halogens is 2. The molecule has 7 heteroatoms. The van der Waals surface area contributed by atoms with Crippen molar-refractivity contribution in [3.63, 3.8) is 0 Å². The first-order valence-corrected chi connectivity index (χ1v) is 10.2. The van der Waals surface area contributed by atoms with Crippen LogP contribution >= 0.6 is 34.5 Å². The van der Waals surface area contributed by atoms with Crippen molar-refractivity contribution in [1.29, 1.82) is 0 Å². The van der Waals surface area contributed by atoms with Crippen LogP contribution < -0.4 is 4.80 Å². The summed E-state index contributed by atoms with van der Waals surface area (Å²) in [4.78, 5) is 17.7. The number of fused-ring (bicyclic) bond motifs is 1. The average molecular weight is 423 g/mol. The zero-order valence-electron chi connectivity index (χ0n) is 15.4. The normalized spacial score (nSPS) is 12.1. The summed E-state index contributed by atoms with van der Waals surface area (Å²) in [5, 5.41) is 0.932. The van der Waals surface area contributed by atoms with Gasteiger partial charge in [-0.1, -0.05) is 40.6 Å². The van der Waals surface area contributed by atoms with Crippen LogP contribution in [0.5, 0.6) is 0 Å². The van der Waals surface area contributed by atoms with Gasteiger partial charge in [0.2, 0.25) is 0 Å². The monoisotopic (exact) mass is 422 g/mol. The number of hydrogen-bond donors (Lipinski definition) is 0. The van der Waals surface area contributed by atoms with Crippen LogP contribution in [0, 0.1) is 13.8 Å². The van der Waals surface area contributed by atoms with Gasteiger partial charge in [0.15, 0.2) is 4.80 Å². The van der Waals surface area contributed by atoms with Crippen molar-refractivity contribution in [3.8, 4) is 0 Å². The second kappa shape index (κ2) is 8.57. The number of nitrogens with zero attached hydrogens (tertiary/aromatic N) is 2. The fourth-order valence-corrected chi connectivity index (χ4v) is 4.26. The number of ether oxygens (including phenoxy) is 1. The highest BCUT2D eigenvalue weighted by Gasteiger charge is 2.14. The Bertz CT molecular complexity index is 1070. The van der Waals surface area contributed by atoms with E-state index in [-0.39, 0.29) is 5.91 Å². The lowest BCUT2D eigenvalue weighted by atomic mass is 10.1. The van der Waals surface area contributed by atoms with Crippen LogP contribution in [0.4, 0.5) is 0 Å². The molecular weight excluding hydrogens is 403 g/mol. The van der Waals surface area contributed by atoms with Gasteiger partial charge in [0.1, 0.15) is 0 Å². The number of amides is 1. The number of rotatable bonds is 5. The molecule has 0 N–H and O–H groups in total. The van der Waals surface area contributed by atoms with Crippen molar-refractivity contribution in [2.75, 3.05) is 13.2 Å². The molecule has 1 heterocycles. The standard InChI is InChI=1S/C20H20Cl2N2O2S/c1-4-26-10-9-24-18-16(8-7-15(21)17(18)22)27-20(24)23-19(25)14-6-5-12(2)13(3)11-14/h5-8,11H,4,9-10H2,1-3H3. The van der Waals surface area contributed by atoms with Crippen molar-refractivity contribution in [3.05, 3.63) is 61.9 Å². The third kappa shape index (κ3) is 4.27. The first-order chi connectivity index (χ1) is 12.9. The highest BCUT2D eigenvalue weighted by molar-refractivity contribution is 7.16. The van der Waals surface area contributed by atoms with E-state index in [1.807, 2.05) is 43.5 Å². The SMILES string of the molecule is CCOCCn1c(=NC(=O)c2ccc(C)c(C)c2)sc2ccc(Cl)c(Cl)c21. The van der Waals surface area contributed by atoms with Crippen molar-refractivity contribution < 1.29 is 9.53 Å². The number of carbonyl (C=O) groups is 1. The van der Waals surface area contributed by atoms with Crippen molar-refractivity contribution in [1.82, 2.24) is 4.57 Å². The minimum Gasteiger partial charge on any atom is -0.380 e. The van der Waals surface area contributed by atoms with E-state index in [4.69, 9.17) is 27.9 Å². The minimum absolute atomic E-state index is 0.281. The zero-order chi connectivity index (χ0) is 19.6. The summed E-state index contributed by atoms with van der Waals surface area (Å²) < 4.78 is 8.31. The predicted molar refractivity (Wildman–Crippen MR) is 112 cm³/mol. The number of hydrogen-bond acceptors (Lipinski definition) is 3. The average Bonchev–Trinajstić information content (AvgIpc) is 2.99. The van der Waals surface area contributed by atoms with E-state index in [1.54, 1.807) is 12.1 Å². The highest BCUT2D eigenvalue weighted by atomic mass is 35.5. The Balaban J connectivity index is 2.12. The smallest absolute Gasteiger partial charge is 0.279 e. The first kappa shape index (κ1) is 20.1. The molecule has 4 nitrogen and oxygen atoms in total. The maximum absolute atomic E-state index is 12.7. The van der Waals surface area contributed by atoms with Crippen LogP contribution in [-0.4, -0.2) is 23.7 Å². The molecule has 1 aromatic heterocycles. The van der Waals surface area contributed by atoms with E-state index in [2.05, 4.69) is 4.99 Å². The Morgan fingerprint density at radius 1 is 1.19 bits per heavy atom. The highest BCUT2D eigenvalue weighted by Crippen LogP contribution is 2.32. The van der Waals surface area contributed by atoms with E-state index in [0.29, 0.717) is 40.2 Å². The largest absolute Gasteiger partial charge is 0.380 e. The van der Waals surface area contributed by atoms with Gasteiger partial charge in [0.05, 0.1) is 26.9 Å². The molecular formula is C20H20Cl2N2O2S. The summed E-state index contributed by atoms with van der Waals surface area (Å²) in [6, 6.07) is 9.25. The molecule has 0 fully saturated rings. The molecule has 0 saturated heterocycles. The van der Waals surface area contributed by atoms with Gasteiger partial charge in [-0.05, 0) is 56.2 Å². The molecule has 0 atom stereocenters. The van der Waals surface area contributed by atoms with Crippen LogP contribution in [0.15, 0.2) is 35.3 Å². The number of benzene rings is 2. The van der Waals surface area contributed by atoms with Crippen molar-refractivity contribution in [2.24, 2.45) is 4.99 Å². The lowest BCUT2D eigenvalue weighted by Crippen LogP contribution is -2.20. The van der Waals surface area contributed by atoms with E-state index in [1.165, 1.54) is 11.3 Å². The molecule has 27 heavy (non-hydrogen) atoms. The van der Waals surface area contributed by atoms with Gasteiger partial charge in [-0.15, -0.1) is 0 Å². The van der Waals surface area contributed by atoms with Gasteiger partial charge in [-0.3, -0.25) is 4.79 Å². The molecule has 0 aliphatic rings. The van der Waals surface area contributed by atoms with Crippen LogP contribution in [-0.2, 0) is 11.3 Å². The topological polar surface area (TPSA) is 43.6 Å². The van der Waals surface area contributed by atoms with E-state index < -0.39 is 0 Å². The number of thiazole rings is 1.